The lowest BCUT2D eigenvalue weighted by molar-refractivity contribution is -0.0741. The summed E-state index contributed by atoms with van der Waals surface area (Å²) in [4.78, 5) is 14.3. The van der Waals surface area contributed by atoms with E-state index in [1.54, 1.807) is 12.1 Å². The minimum absolute atomic E-state index is 0.0296. The molecular formula is C33H38Cl2FN5O3. The fourth-order valence-corrected chi connectivity index (χ4v) is 8.63. The number of nitrogens with one attached hydrogen (secondary N) is 1. The number of morpholine rings is 1. The average molecular weight is 643 g/mol. The van der Waals surface area contributed by atoms with Crippen molar-refractivity contribution >= 4 is 39.9 Å². The van der Waals surface area contributed by atoms with Gasteiger partial charge in [-0.25, -0.2) is 4.39 Å². The summed E-state index contributed by atoms with van der Waals surface area (Å²) in [6.45, 7) is 4.52. The van der Waals surface area contributed by atoms with Gasteiger partial charge in [-0.3, -0.25) is 4.90 Å². The molecule has 4 saturated heterocycles. The monoisotopic (exact) mass is 641 g/mol. The van der Waals surface area contributed by atoms with Gasteiger partial charge in [0.2, 0.25) is 0 Å². The van der Waals surface area contributed by atoms with E-state index in [9.17, 15) is 5.11 Å². The van der Waals surface area contributed by atoms with Crippen molar-refractivity contribution in [2.24, 2.45) is 0 Å². The lowest BCUT2D eigenvalue weighted by atomic mass is 9.94. The summed E-state index contributed by atoms with van der Waals surface area (Å²) in [6, 6.07) is 6.71. The molecule has 4 unspecified atom stereocenters. The lowest BCUT2D eigenvalue weighted by Gasteiger charge is -2.45. The van der Waals surface area contributed by atoms with E-state index in [4.69, 9.17) is 37.7 Å². The van der Waals surface area contributed by atoms with E-state index in [2.05, 4.69) is 20.1 Å². The van der Waals surface area contributed by atoms with Gasteiger partial charge in [0.05, 0.1) is 24.8 Å². The number of aromatic hydroxyl groups is 1. The van der Waals surface area contributed by atoms with Gasteiger partial charge < -0.3 is 24.8 Å². The zero-order valence-electron chi connectivity index (χ0n) is 24.7. The molecule has 4 aliphatic heterocycles. The highest BCUT2D eigenvalue weighted by Crippen LogP contribution is 2.51. The Kier molecular flexibility index (Phi) is 7.74. The predicted octanol–water partition coefficient (Wildman–Crippen LogP) is 6.29. The van der Waals surface area contributed by atoms with Gasteiger partial charge in [-0.1, -0.05) is 29.6 Å². The molecule has 234 valence electrons. The van der Waals surface area contributed by atoms with Crippen molar-refractivity contribution in [2.75, 3.05) is 44.4 Å². The molecule has 3 aromatic rings. The Labute approximate surface area is 266 Å². The Balaban J connectivity index is 1.15. The molecule has 4 atom stereocenters. The first-order valence-electron chi connectivity index (χ1n) is 16.1. The van der Waals surface area contributed by atoms with Crippen LogP contribution in [0.2, 0.25) is 10.0 Å². The highest BCUT2D eigenvalue weighted by atomic mass is 35.5. The molecule has 5 fully saturated rings. The summed E-state index contributed by atoms with van der Waals surface area (Å²) < 4.78 is 28.8. The Hall–Kier alpha value is -2.43. The molecule has 11 heteroatoms. The molecule has 5 heterocycles. The molecule has 5 aliphatic rings. The predicted molar refractivity (Wildman–Crippen MR) is 170 cm³/mol. The maximum Gasteiger partial charge on any atom is 0.319 e. The maximum atomic E-state index is 16.8. The number of piperidine rings is 1. The van der Waals surface area contributed by atoms with Crippen LogP contribution in [0.25, 0.3) is 22.0 Å². The van der Waals surface area contributed by atoms with E-state index in [0.29, 0.717) is 52.6 Å². The molecule has 1 aliphatic carbocycles. The third-order valence-electron chi connectivity index (χ3n) is 10.2. The van der Waals surface area contributed by atoms with Crippen LogP contribution in [0.4, 0.5) is 10.2 Å². The quantitative estimate of drug-likeness (QED) is 0.278. The molecule has 2 aromatic carbocycles. The van der Waals surface area contributed by atoms with Crippen LogP contribution in [-0.4, -0.2) is 83.6 Å². The molecule has 0 amide bonds. The number of benzene rings is 2. The number of anilines is 1. The van der Waals surface area contributed by atoms with Crippen LogP contribution < -0.4 is 15.0 Å². The number of hydrogen-bond acceptors (Lipinski definition) is 8. The number of fused-ring (bicyclic) bond motifs is 5. The van der Waals surface area contributed by atoms with Crippen LogP contribution >= 0.6 is 23.2 Å². The lowest BCUT2D eigenvalue weighted by Crippen LogP contribution is -2.55. The minimum atomic E-state index is -0.552. The maximum absolute atomic E-state index is 16.8. The van der Waals surface area contributed by atoms with E-state index in [-0.39, 0.29) is 33.8 Å². The van der Waals surface area contributed by atoms with Gasteiger partial charge in [-0.05, 0) is 80.2 Å². The zero-order chi connectivity index (χ0) is 29.9. The van der Waals surface area contributed by atoms with Crippen LogP contribution in [0.15, 0.2) is 18.2 Å². The Bertz CT molecular complexity index is 1560. The largest absolute Gasteiger partial charge is 0.508 e. The van der Waals surface area contributed by atoms with Gasteiger partial charge >= 0.3 is 6.01 Å². The summed E-state index contributed by atoms with van der Waals surface area (Å²) in [5, 5.41) is 15.3. The molecule has 44 heavy (non-hydrogen) atoms. The SMILES string of the molecule is Oc1cc(Cl)c(C2CC2)c(-c2c(Cl)cc3c(N4CC5CCC(C4)N5)nc(OCCCN4C5CCCC4COC5)nc3c2F)c1. The van der Waals surface area contributed by atoms with Crippen molar-refractivity contribution in [1.82, 2.24) is 20.2 Å². The van der Waals surface area contributed by atoms with Gasteiger partial charge in [0.25, 0.3) is 0 Å². The van der Waals surface area contributed by atoms with Crippen LogP contribution in [0.3, 0.4) is 0 Å². The normalized spacial score (nSPS) is 26.8. The van der Waals surface area contributed by atoms with E-state index in [1.165, 1.54) is 25.3 Å². The van der Waals surface area contributed by atoms with Gasteiger partial charge in [-0.2, -0.15) is 9.97 Å². The molecular weight excluding hydrogens is 604 g/mol. The third-order valence-corrected chi connectivity index (χ3v) is 10.8. The highest BCUT2D eigenvalue weighted by molar-refractivity contribution is 6.35. The van der Waals surface area contributed by atoms with Crippen LogP contribution in [0, 0.1) is 5.82 Å². The minimum Gasteiger partial charge on any atom is -0.508 e. The fraction of sp³-hybridized carbons (Fsp3) is 0.576. The number of aromatic nitrogens is 2. The summed E-state index contributed by atoms with van der Waals surface area (Å²) in [6.07, 6.45) is 8.59. The van der Waals surface area contributed by atoms with Crippen molar-refractivity contribution in [3.8, 4) is 22.9 Å². The summed E-state index contributed by atoms with van der Waals surface area (Å²) in [7, 11) is 0. The molecule has 4 bridgehead atoms. The zero-order valence-corrected chi connectivity index (χ0v) is 26.2. The molecule has 0 spiro atoms. The van der Waals surface area contributed by atoms with Crippen molar-refractivity contribution in [3.05, 3.63) is 39.6 Å². The molecule has 2 N–H and O–H groups in total. The topological polar surface area (TPSA) is 83.0 Å². The van der Waals surface area contributed by atoms with Crippen LogP contribution in [0.1, 0.15) is 62.8 Å². The van der Waals surface area contributed by atoms with Gasteiger partial charge in [0.1, 0.15) is 17.1 Å². The van der Waals surface area contributed by atoms with Gasteiger partial charge in [0.15, 0.2) is 5.82 Å². The Morgan fingerprint density at radius 2 is 1.73 bits per heavy atom. The number of nitrogens with zero attached hydrogens (tertiary/aromatic N) is 4. The van der Waals surface area contributed by atoms with Crippen LogP contribution in [-0.2, 0) is 4.74 Å². The second-order valence-electron chi connectivity index (χ2n) is 13.2. The van der Waals surface area contributed by atoms with E-state index < -0.39 is 5.82 Å². The number of halogens is 3. The van der Waals surface area contributed by atoms with Gasteiger partial charge in [0, 0.05) is 59.8 Å². The van der Waals surface area contributed by atoms with E-state index >= 15 is 4.39 Å². The van der Waals surface area contributed by atoms with Crippen molar-refractivity contribution in [2.45, 2.75) is 81.5 Å². The number of piperazine rings is 1. The summed E-state index contributed by atoms with van der Waals surface area (Å²) >= 11 is 13.5. The summed E-state index contributed by atoms with van der Waals surface area (Å²) in [5.41, 5.74) is 1.70. The van der Waals surface area contributed by atoms with E-state index in [0.717, 1.165) is 70.5 Å². The molecule has 0 radical (unpaired) electrons. The van der Waals surface area contributed by atoms with Gasteiger partial charge in [-0.15, -0.1) is 0 Å². The number of phenolic OH excluding ortho intramolecular Hbond substituents is 1. The fourth-order valence-electron chi connectivity index (χ4n) is 7.97. The summed E-state index contributed by atoms with van der Waals surface area (Å²) in [5.74, 6) is 0.281. The average Bonchev–Trinajstić information content (AvgIpc) is 3.77. The first-order chi connectivity index (χ1) is 21.4. The van der Waals surface area contributed by atoms with Crippen molar-refractivity contribution in [1.29, 1.82) is 0 Å². The Morgan fingerprint density at radius 3 is 2.45 bits per heavy atom. The Morgan fingerprint density at radius 1 is 0.977 bits per heavy atom. The van der Waals surface area contributed by atoms with Crippen molar-refractivity contribution < 1.29 is 19.0 Å². The number of hydrogen-bond donors (Lipinski definition) is 2. The van der Waals surface area contributed by atoms with Crippen LogP contribution in [0.5, 0.6) is 11.8 Å². The van der Waals surface area contributed by atoms with Crippen molar-refractivity contribution in [3.63, 3.8) is 0 Å². The number of ether oxygens (including phenoxy) is 2. The number of rotatable bonds is 8. The number of phenols is 1. The third kappa shape index (κ3) is 5.38. The smallest absolute Gasteiger partial charge is 0.319 e. The molecule has 8 rings (SSSR count). The second-order valence-corrected chi connectivity index (χ2v) is 14.0. The first kappa shape index (κ1) is 29.0. The van der Waals surface area contributed by atoms with E-state index in [1.807, 2.05) is 0 Å². The molecule has 8 nitrogen and oxygen atoms in total. The highest BCUT2D eigenvalue weighted by Gasteiger charge is 2.36. The first-order valence-corrected chi connectivity index (χ1v) is 16.9. The standard InChI is InChI=1S/C33H38Cl2FN5O3/c34-26-12-23(42)11-24(28(26)18-5-6-18)29-27(35)13-25-31(30(29)36)38-33(39-32(25)40-14-19-7-8-20(15-40)37-19)44-10-2-9-41-21-3-1-4-22(41)17-43-16-21/h11-13,18-22,37,42H,1-10,14-17H2. The second kappa shape index (κ2) is 11.7. The molecule has 1 saturated carbocycles. The molecule has 1 aromatic heterocycles.